The molecule has 0 bridgehead atoms. The number of thiophene rings is 1. The Hall–Kier alpha value is -1.09. The summed E-state index contributed by atoms with van der Waals surface area (Å²) in [6.07, 6.45) is 7.11. The Morgan fingerprint density at radius 3 is 3.12 bits per heavy atom. The van der Waals surface area contributed by atoms with Gasteiger partial charge in [0.15, 0.2) is 0 Å². The van der Waals surface area contributed by atoms with E-state index in [1.54, 1.807) is 10.4 Å². The van der Waals surface area contributed by atoms with E-state index >= 15 is 0 Å². The summed E-state index contributed by atoms with van der Waals surface area (Å²) in [5, 5.41) is 6.54. The maximum absolute atomic E-state index is 4.30. The summed E-state index contributed by atoms with van der Waals surface area (Å²) in [6.45, 7) is 0. The molecule has 0 N–H and O–H groups in total. The fourth-order valence-corrected chi connectivity index (χ4v) is 3.67. The van der Waals surface area contributed by atoms with E-state index < -0.39 is 0 Å². The summed E-state index contributed by atoms with van der Waals surface area (Å²) >= 11 is 1.92. The van der Waals surface area contributed by atoms with Gasteiger partial charge in [-0.25, -0.2) is 0 Å². The van der Waals surface area contributed by atoms with Gasteiger partial charge < -0.3 is 0 Å². The first-order valence-electron chi connectivity index (χ1n) is 5.90. The molecule has 2 aromatic heterocycles. The highest BCUT2D eigenvalue weighted by atomic mass is 32.1. The van der Waals surface area contributed by atoms with Crippen LogP contribution in [0.4, 0.5) is 0 Å². The fourth-order valence-electron chi connectivity index (χ4n) is 2.69. The topological polar surface area (TPSA) is 17.8 Å². The first-order chi connectivity index (χ1) is 7.86. The molecular weight excluding hydrogens is 216 g/mol. The number of hydrogen-bond acceptors (Lipinski definition) is 2. The lowest BCUT2D eigenvalue weighted by atomic mass is 9.93. The highest BCUT2D eigenvalue weighted by Crippen LogP contribution is 2.37. The van der Waals surface area contributed by atoms with Gasteiger partial charge in [-0.1, -0.05) is 6.42 Å². The molecule has 0 aliphatic heterocycles. The minimum Gasteiger partial charge on any atom is -0.272 e. The van der Waals surface area contributed by atoms with E-state index in [9.17, 15) is 0 Å². The predicted octanol–water partition coefficient (Wildman–Crippen LogP) is 3.34. The lowest BCUT2D eigenvalue weighted by Gasteiger charge is -2.15. The van der Waals surface area contributed by atoms with E-state index in [2.05, 4.69) is 22.6 Å². The number of rotatable bonds is 1. The third-order valence-corrected chi connectivity index (χ3v) is 4.51. The molecule has 2 heterocycles. The van der Waals surface area contributed by atoms with Crippen molar-refractivity contribution < 1.29 is 0 Å². The largest absolute Gasteiger partial charge is 0.272 e. The van der Waals surface area contributed by atoms with Crippen LogP contribution in [0.1, 0.15) is 41.3 Å². The normalized spacial score (nSPS) is 20.4. The van der Waals surface area contributed by atoms with Crippen molar-refractivity contribution in [2.45, 2.75) is 31.6 Å². The van der Waals surface area contributed by atoms with Crippen molar-refractivity contribution in [3.63, 3.8) is 0 Å². The number of aryl methyl sites for hydroxylation is 2. The Bertz CT molecular complexity index is 484. The maximum atomic E-state index is 4.30. The van der Waals surface area contributed by atoms with Crippen LogP contribution in [-0.4, -0.2) is 9.78 Å². The van der Waals surface area contributed by atoms with Gasteiger partial charge in [-0.2, -0.15) is 5.10 Å². The summed E-state index contributed by atoms with van der Waals surface area (Å²) in [5.74, 6) is 0.566. The molecule has 2 nitrogen and oxygen atoms in total. The molecule has 0 fully saturated rings. The van der Waals surface area contributed by atoms with Crippen LogP contribution in [0.3, 0.4) is 0 Å². The molecule has 1 aliphatic carbocycles. The highest BCUT2D eigenvalue weighted by Gasteiger charge is 2.23. The van der Waals surface area contributed by atoms with E-state index in [4.69, 9.17) is 0 Å². The molecule has 1 atom stereocenters. The van der Waals surface area contributed by atoms with Crippen LogP contribution < -0.4 is 0 Å². The van der Waals surface area contributed by atoms with E-state index in [0.29, 0.717) is 5.92 Å². The third kappa shape index (κ3) is 1.59. The summed E-state index contributed by atoms with van der Waals surface area (Å²) < 4.78 is 2.03. The number of aromatic nitrogens is 2. The first kappa shape index (κ1) is 10.1. The van der Waals surface area contributed by atoms with Crippen LogP contribution in [0.2, 0.25) is 0 Å². The molecule has 0 aromatic carbocycles. The molecule has 0 radical (unpaired) electrons. The molecule has 1 aliphatic rings. The standard InChI is InChI=1S/C13H16N2S/c1-15-12(6-8-14-15)10-4-2-3-5-13-11(10)7-9-16-13/h6-10H,2-5H2,1H3. The lowest BCUT2D eigenvalue weighted by molar-refractivity contribution is 0.604. The third-order valence-electron chi connectivity index (χ3n) is 3.52. The van der Waals surface area contributed by atoms with Crippen LogP contribution >= 0.6 is 11.3 Å². The fraction of sp³-hybridized carbons (Fsp3) is 0.462. The van der Waals surface area contributed by atoms with Crippen molar-refractivity contribution in [2.75, 3.05) is 0 Å². The van der Waals surface area contributed by atoms with Gasteiger partial charge in [0, 0.05) is 29.7 Å². The second kappa shape index (κ2) is 4.06. The Morgan fingerprint density at radius 1 is 1.38 bits per heavy atom. The number of nitrogens with zero attached hydrogens (tertiary/aromatic N) is 2. The van der Waals surface area contributed by atoms with Crippen molar-refractivity contribution in [3.8, 4) is 0 Å². The van der Waals surface area contributed by atoms with Gasteiger partial charge in [0.2, 0.25) is 0 Å². The smallest absolute Gasteiger partial charge is 0.0492 e. The van der Waals surface area contributed by atoms with Crippen LogP contribution in [0.15, 0.2) is 23.7 Å². The van der Waals surface area contributed by atoms with Crippen molar-refractivity contribution in [1.29, 1.82) is 0 Å². The molecule has 0 amide bonds. The Labute approximate surface area is 99.9 Å². The van der Waals surface area contributed by atoms with Gasteiger partial charge in [0.1, 0.15) is 0 Å². The van der Waals surface area contributed by atoms with Crippen LogP contribution in [0.5, 0.6) is 0 Å². The molecule has 3 heteroatoms. The summed E-state index contributed by atoms with van der Waals surface area (Å²) in [5.41, 5.74) is 2.91. The Kier molecular flexibility index (Phi) is 2.56. The molecule has 0 saturated carbocycles. The van der Waals surface area contributed by atoms with Gasteiger partial charge in [-0.15, -0.1) is 11.3 Å². The zero-order chi connectivity index (χ0) is 11.0. The Balaban J connectivity index is 2.06. The minimum absolute atomic E-state index is 0.566. The van der Waals surface area contributed by atoms with Gasteiger partial charge in [0.05, 0.1) is 0 Å². The quantitative estimate of drug-likeness (QED) is 0.689. The van der Waals surface area contributed by atoms with Crippen molar-refractivity contribution >= 4 is 11.3 Å². The van der Waals surface area contributed by atoms with Crippen LogP contribution in [0, 0.1) is 0 Å². The van der Waals surface area contributed by atoms with Crippen molar-refractivity contribution in [2.24, 2.45) is 7.05 Å². The second-order valence-electron chi connectivity index (χ2n) is 4.48. The van der Waals surface area contributed by atoms with Gasteiger partial charge in [-0.3, -0.25) is 4.68 Å². The molecule has 2 aromatic rings. The van der Waals surface area contributed by atoms with E-state index in [0.717, 1.165) is 0 Å². The maximum Gasteiger partial charge on any atom is 0.0492 e. The van der Waals surface area contributed by atoms with E-state index in [1.165, 1.54) is 31.4 Å². The summed E-state index contributed by atoms with van der Waals surface area (Å²) in [7, 11) is 2.05. The monoisotopic (exact) mass is 232 g/mol. The summed E-state index contributed by atoms with van der Waals surface area (Å²) in [6, 6.07) is 4.47. The van der Waals surface area contributed by atoms with Gasteiger partial charge >= 0.3 is 0 Å². The zero-order valence-electron chi connectivity index (χ0n) is 9.52. The Morgan fingerprint density at radius 2 is 2.31 bits per heavy atom. The van der Waals surface area contributed by atoms with Gasteiger partial charge in [-0.05, 0) is 42.3 Å². The molecule has 1 unspecified atom stereocenters. The van der Waals surface area contributed by atoms with E-state index in [-0.39, 0.29) is 0 Å². The molecule has 16 heavy (non-hydrogen) atoms. The highest BCUT2D eigenvalue weighted by molar-refractivity contribution is 7.10. The molecule has 0 saturated heterocycles. The predicted molar refractivity (Wildman–Crippen MR) is 66.9 cm³/mol. The van der Waals surface area contributed by atoms with E-state index in [1.807, 2.05) is 29.3 Å². The molecule has 0 spiro atoms. The number of hydrogen-bond donors (Lipinski definition) is 0. The minimum atomic E-state index is 0.566. The lowest BCUT2D eigenvalue weighted by Crippen LogP contribution is -2.06. The van der Waals surface area contributed by atoms with Crippen molar-refractivity contribution in [1.82, 2.24) is 9.78 Å². The summed E-state index contributed by atoms with van der Waals surface area (Å²) in [4.78, 5) is 1.59. The molecule has 3 rings (SSSR count). The average molecular weight is 232 g/mol. The zero-order valence-corrected chi connectivity index (χ0v) is 10.3. The van der Waals surface area contributed by atoms with Crippen LogP contribution in [-0.2, 0) is 13.5 Å². The molecular formula is C13H16N2S. The average Bonchev–Trinajstić information content (AvgIpc) is 2.86. The van der Waals surface area contributed by atoms with Gasteiger partial charge in [0.25, 0.3) is 0 Å². The second-order valence-corrected chi connectivity index (χ2v) is 5.48. The van der Waals surface area contributed by atoms with Crippen LogP contribution in [0.25, 0.3) is 0 Å². The van der Waals surface area contributed by atoms with Crippen molar-refractivity contribution in [3.05, 3.63) is 39.8 Å². The number of fused-ring (bicyclic) bond motifs is 1. The SMILES string of the molecule is Cn1nccc1C1CCCCc2sccc21. The molecule has 84 valence electrons. The first-order valence-corrected chi connectivity index (χ1v) is 6.78.